The van der Waals surface area contributed by atoms with Crippen LogP contribution in [0.4, 0.5) is 0 Å². The average Bonchev–Trinajstić information content (AvgIpc) is 3.41. The summed E-state index contributed by atoms with van der Waals surface area (Å²) in [6.45, 7) is 2.84. The van der Waals surface area contributed by atoms with Gasteiger partial charge in [-0.2, -0.15) is 9.40 Å². The summed E-state index contributed by atoms with van der Waals surface area (Å²) in [4.78, 5) is 0.329. The summed E-state index contributed by atoms with van der Waals surface area (Å²) in [5.74, 6) is 0.691. The van der Waals surface area contributed by atoms with Crippen LogP contribution in [-0.2, 0) is 36.5 Å². The molecule has 2 aliphatic rings. The summed E-state index contributed by atoms with van der Waals surface area (Å²) in [5.41, 5.74) is 3.45. The molecular formula is C21H29N3O3S. The van der Waals surface area contributed by atoms with Crippen LogP contribution >= 0.6 is 0 Å². The van der Waals surface area contributed by atoms with Gasteiger partial charge in [0.15, 0.2) is 0 Å². The van der Waals surface area contributed by atoms with Crippen molar-refractivity contribution in [3.05, 3.63) is 41.2 Å². The third kappa shape index (κ3) is 3.57. The highest BCUT2D eigenvalue weighted by molar-refractivity contribution is 7.89. The lowest BCUT2D eigenvalue weighted by Crippen LogP contribution is -2.38. The zero-order valence-corrected chi connectivity index (χ0v) is 17.5. The van der Waals surface area contributed by atoms with E-state index in [2.05, 4.69) is 5.10 Å². The van der Waals surface area contributed by atoms with Gasteiger partial charge < -0.3 is 4.74 Å². The Bertz CT molecular complexity index is 929. The van der Waals surface area contributed by atoms with Gasteiger partial charge in [0.25, 0.3) is 0 Å². The van der Waals surface area contributed by atoms with Gasteiger partial charge in [-0.15, -0.1) is 0 Å². The molecule has 1 saturated carbocycles. The summed E-state index contributed by atoms with van der Waals surface area (Å²) < 4.78 is 36.2. The Morgan fingerprint density at radius 1 is 1.14 bits per heavy atom. The van der Waals surface area contributed by atoms with E-state index in [9.17, 15) is 8.42 Å². The summed E-state index contributed by atoms with van der Waals surface area (Å²) in [6, 6.07) is 6.84. The standard InChI is InChI=1S/C21H29N3O3S/c1-3-27-17-11-13-18(14-12-17)28(25,26)24(16-7-4-5-8-16)15-20-19-9-6-10-21(19)23(2)22-20/h11-14,16H,3-10,15H2,1-2H3. The van der Waals surface area contributed by atoms with Crippen molar-refractivity contribution in [3.8, 4) is 5.75 Å². The first kappa shape index (κ1) is 19.5. The second-order valence-electron chi connectivity index (χ2n) is 7.74. The van der Waals surface area contributed by atoms with Crippen LogP contribution in [-0.4, -0.2) is 35.2 Å². The van der Waals surface area contributed by atoms with Crippen LogP contribution in [0.1, 0.15) is 56.0 Å². The van der Waals surface area contributed by atoms with Crippen molar-refractivity contribution in [3.63, 3.8) is 0 Å². The molecule has 0 radical (unpaired) electrons. The largest absolute Gasteiger partial charge is 0.494 e. The first-order valence-electron chi connectivity index (χ1n) is 10.3. The fourth-order valence-electron chi connectivity index (χ4n) is 4.58. The van der Waals surface area contributed by atoms with Gasteiger partial charge in [-0.3, -0.25) is 4.68 Å². The van der Waals surface area contributed by atoms with Crippen molar-refractivity contribution in [1.82, 2.24) is 14.1 Å². The number of aryl methyl sites for hydroxylation is 1. The maximum atomic E-state index is 13.6. The minimum absolute atomic E-state index is 0.0515. The maximum absolute atomic E-state index is 13.6. The molecule has 0 atom stereocenters. The molecule has 1 aromatic carbocycles. The van der Waals surface area contributed by atoms with Gasteiger partial charge in [-0.1, -0.05) is 12.8 Å². The molecule has 0 aliphatic heterocycles. The fourth-order valence-corrected chi connectivity index (χ4v) is 6.23. The molecule has 0 bridgehead atoms. The number of hydrogen-bond acceptors (Lipinski definition) is 4. The predicted molar refractivity (Wildman–Crippen MR) is 108 cm³/mol. The molecule has 6 nitrogen and oxygen atoms in total. The second kappa shape index (κ2) is 7.87. The number of nitrogens with zero attached hydrogens (tertiary/aromatic N) is 3. The Morgan fingerprint density at radius 2 is 1.86 bits per heavy atom. The molecule has 2 aliphatic carbocycles. The molecule has 0 saturated heterocycles. The average molecular weight is 404 g/mol. The zero-order valence-electron chi connectivity index (χ0n) is 16.7. The van der Waals surface area contributed by atoms with Crippen molar-refractivity contribution in [2.75, 3.05) is 6.61 Å². The van der Waals surface area contributed by atoms with E-state index in [-0.39, 0.29) is 6.04 Å². The van der Waals surface area contributed by atoms with Gasteiger partial charge in [0.1, 0.15) is 5.75 Å². The van der Waals surface area contributed by atoms with Crippen LogP contribution in [0.2, 0.25) is 0 Å². The Kier molecular flexibility index (Phi) is 5.47. The quantitative estimate of drug-likeness (QED) is 0.710. The van der Waals surface area contributed by atoms with E-state index in [4.69, 9.17) is 4.74 Å². The van der Waals surface area contributed by atoms with Crippen molar-refractivity contribution in [2.45, 2.75) is 69.4 Å². The molecule has 1 heterocycles. The van der Waals surface area contributed by atoms with E-state index in [0.29, 0.717) is 23.8 Å². The molecule has 152 valence electrons. The summed E-state index contributed by atoms with van der Waals surface area (Å²) in [7, 11) is -1.63. The number of fused-ring (bicyclic) bond motifs is 1. The van der Waals surface area contributed by atoms with Crippen molar-refractivity contribution in [1.29, 1.82) is 0 Å². The topological polar surface area (TPSA) is 64.4 Å². The lowest BCUT2D eigenvalue weighted by molar-refractivity contribution is 0.311. The summed E-state index contributed by atoms with van der Waals surface area (Å²) in [6.07, 6.45) is 7.17. The minimum Gasteiger partial charge on any atom is -0.494 e. The lowest BCUT2D eigenvalue weighted by atomic mass is 10.2. The molecule has 4 rings (SSSR count). The van der Waals surface area contributed by atoms with Gasteiger partial charge in [-0.25, -0.2) is 8.42 Å². The number of aromatic nitrogens is 2. The molecule has 7 heteroatoms. The third-order valence-electron chi connectivity index (χ3n) is 5.98. The zero-order chi connectivity index (χ0) is 19.7. The summed E-state index contributed by atoms with van der Waals surface area (Å²) >= 11 is 0. The minimum atomic E-state index is -3.59. The monoisotopic (exact) mass is 403 g/mol. The molecular weight excluding hydrogens is 374 g/mol. The fraction of sp³-hybridized carbons (Fsp3) is 0.571. The normalized spacial score (nSPS) is 17.4. The number of rotatable bonds is 7. The molecule has 1 fully saturated rings. The Labute approximate surface area is 167 Å². The van der Waals surface area contributed by atoms with Crippen LogP contribution in [0.15, 0.2) is 29.2 Å². The van der Waals surface area contributed by atoms with Gasteiger partial charge in [0.05, 0.1) is 23.7 Å². The molecule has 0 amide bonds. The van der Waals surface area contributed by atoms with Gasteiger partial charge in [-0.05, 0) is 68.9 Å². The Hall–Kier alpha value is -1.86. The molecule has 2 aromatic rings. The number of ether oxygens (including phenoxy) is 1. The highest BCUT2D eigenvalue weighted by Gasteiger charge is 2.35. The van der Waals surface area contributed by atoms with Crippen LogP contribution in [0.3, 0.4) is 0 Å². The smallest absolute Gasteiger partial charge is 0.243 e. The van der Waals surface area contributed by atoms with Crippen molar-refractivity contribution >= 4 is 10.0 Å². The Balaban J connectivity index is 1.66. The van der Waals surface area contributed by atoms with Gasteiger partial charge in [0, 0.05) is 18.8 Å². The SMILES string of the molecule is CCOc1ccc(S(=O)(=O)N(Cc2nn(C)c3c2CCC3)C2CCCC2)cc1. The highest BCUT2D eigenvalue weighted by atomic mass is 32.2. The molecule has 1 aromatic heterocycles. The van der Waals surface area contributed by atoms with Gasteiger partial charge >= 0.3 is 0 Å². The van der Waals surface area contributed by atoms with Crippen molar-refractivity contribution in [2.24, 2.45) is 7.05 Å². The van der Waals surface area contributed by atoms with E-state index in [1.807, 2.05) is 18.7 Å². The number of benzene rings is 1. The van der Waals surface area contributed by atoms with Crippen LogP contribution in [0.5, 0.6) is 5.75 Å². The van der Waals surface area contributed by atoms with E-state index >= 15 is 0 Å². The van der Waals surface area contributed by atoms with Crippen LogP contribution < -0.4 is 4.74 Å². The summed E-state index contributed by atoms with van der Waals surface area (Å²) in [5, 5.41) is 4.68. The molecule has 0 N–H and O–H groups in total. The number of hydrogen-bond donors (Lipinski definition) is 0. The maximum Gasteiger partial charge on any atom is 0.243 e. The number of sulfonamides is 1. The second-order valence-corrected chi connectivity index (χ2v) is 9.63. The third-order valence-corrected chi connectivity index (χ3v) is 7.89. The Morgan fingerprint density at radius 3 is 2.54 bits per heavy atom. The predicted octanol–water partition coefficient (Wildman–Crippen LogP) is 3.44. The highest BCUT2D eigenvalue weighted by Crippen LogP contribution is 2.33. The van der Waals surface area contributed by atoms with E-state index in [0.717, 1.165) is 50.6 Å². The molecule has 28 heavy (non-hydrogen) atoms. The van der Waals surface area contributed by atoms with E-state index in [1.165, 1.54) is 11.3 Å². The molecule has 0 unspecified atom stereocenters. The van der Waals surface area contributed by atoms with Crippen molar-refractivity contribution < 1.29 is 13.2 Å². The van der Waals surface area contributed by atoms with Crippen LogP contribution in [0.25, 0.3) is 0 Å². The van der Waals surface area contributed by atoms with Crippen LogP contribution in [0, 0.1) is 0 Å². The first-order chi connectivity index (χ1) is 13.5. The van der Waals surface area contributed by atoms with E-state index < -0.39 is 10.0 Å². The van der Waals surface area contributed by atoms with Gasteiger partial charge in [0.2, 0.25) is 10.0 Å². The van der Waals surface area contributed by atoms with E-state index in [1.54, 1.807) is 28.6 Å². The first-order valence-corrected chi connectivity index (χ1v) is 11.7. The molecule has 0 spiro atoms. The lowest BCUT2D eigenvalue weighted by Gasteiger charge is -2.28.